The average molecular weight is 467 g/mol. The van der Waals surface area contributed by atoms with Crippen molar-refractivity contribution in [2.45, 2.75) is 24.5 Å². The number of anilines is 1. The molecule has 0 atom stereocenters. The fourth-order valence-corrected chi connectivity index (χ4v) is 4.54. The maximum absolute atomic E-state index is 12.8. The van der Waals surface area contributed by atoms with E-state index < -0.39 is 10.0 Å². The first-order chi connectivity index (χ1) is 15.7. The Labute approximate surface area is 196 Å². The van der Waals surface area contributed by atoms with Crippen molar-refractivity contribution in [2.24, 2.45) is 0 Å². The molecule has 8 heteroatoms. The van der Waals surface area contributed by atoms with Gasteiger partial charge in [0.15, 0.2) is 0 Å². The molecule has 0 radical (unpaired) electrons. The van der Waals surface area contributed by atoms with Gasteiger partial charge in [-0.25, -0.2) is 13.2 Å². The fraction of sp³-hybridized carbons (Fsp3) is 0.240. The molecule has 2 amide bonds. The number of hydrogen-bond acceptors (Lipinski definition) is 4. The minimum absolute atomic E-state index is 0.171. The Hall–Kier alpha value is -3.20. The molecule has 0 fully saturated rings. The second-order valence-electron chi connectivity index (χ2n) is 8.14. The summed E-state index contributed by atoms with van der Waals surface area (Å²) < 4.78 is 27.0. The Balaban J connectivity index is 1.56. The molecular weight excluding hydrogens is 436 g/mol. The molecule has 0 unspecified atom stereocenters. The highest BCUT2D eigenvalue weighted by Gasteiger charge is 2.20. The molecule has 33 heavy (non-hydrogen) atoms. The van der Waals surface area contributed by atoms with E-state index in [0.29, 0.717) is 12.2 Å². The van der Waals surface area contributed by atoms with E-state index in [1.807, 2.05) is 56.6 Å². The molecule has 0 bridgehead atoms. The number of carbonyl (C=O) groups is 1. The highest BCUT2D eigenvalue weighted by molar-refractivity contribution is 7.89. The summed E-state index contributed by atoms with van der Waals surface area (Å²) in [6.45, 7) is 1.50. The fourth-order valence-electron chi connectivity index (χ4n) is 3.38. The average Bonchev–Trinajstić information content (AvgIpc) is 2.78. The van der Waals surface area contributed by atoms with Crippen LogP contribution in [0.1, 0.15) is 16.7 Å². The molecule has 0 saturated carbocycles. The summed E-state index contributed by atoms with van der Waals surface area (Å²) in [5.41, 5.74) is 3.60. The van der Waals surface area contributed by atoms with Crippen LogP contribution in [0.5, 0.6) is 0 Å². The molecule has 0 aliphatic rings. The number of rotatable bonds is 9. The lowest BCUT2D eigenvalue weighted by molar-refractivity contribution is 0.251. The van der Waals surface area contributed by atoms with Crippen LogP contribution in [0.25, 0.3) is 0 Å². The molecule has 3 aromatic carbocycles. The van der Waals surface area contributed by atoms with Gasteiger partial charge >= 0.3 is 6.03 Å². The molecule has 0 aromatic heterocycles. The van der Waals surface area contributed by atoms with Gasteiger partial charge in [0, 0.05) is 32.4 Å². The minimum atomic E-state index is -3.64. The SMILES string of the molecule is CN(C)Cc1cccc(CNC(=O)Nc2ccc(S(=O)(=O)N(C)Cc3ccccc3)cc2)c1. The number of amides is 2. The summed E-state index contributed by atoms with van der Waals surface area (Å²) in [5.74, 6) is 0. The van der Waals surface area contributed by atoms with Gasteiger partial charge in [0.25, 0.3) is 0 Å². The highest BCUT2D eigenvalue weighted by atomic mass is 32.2. The van der Waals surface area contributed by atoms with Crippen molar-refractivity contribution >= 4 is 21.7 Å². The van der Waals surface area contributed by atoms with Gasteiger partial charge in [-0.15, -0.1) is 0 Å². The standard InChI is InChI=1S/C25H30N4O3S/c1-28(2)18-22-11-7-10-21(16-22)17-26-25(30)27-23-12-14-24(15-13-23)33(31,32)29(3)19-20-8-5-4-6-9-20/h4-16H,17-19H2,1-3H3,(H2,26,27,30). The molecular formula is C25H30N4O3S. The van der Waals surface area contributed by atoms with Crippen LogP contribution in [0.2, 0.25) is 0 Å². The summed E-state index contributed by atoms with van der Waals surface area (Å²) in [6, 6.07) is 23.3. The van der Waals surface area contributed by atoms with E-state index in [-0.39, 0.29) is 17.5 Å². The number of hydrogen-bond donors (Lipinski definition) is 2. The first-order valence-electron chi connectivity index (χ1n) is 10.6. The minimum Gasteiger partial charge on any atom is -0.334 e. The summed E-state index contributed by atoms with van der Waals surface area (Å²) >= 11 is 0. The predicted octanol–water partition coefficient (Wildman–Crippen LogP) is 3.89. The molecule has 0 saturated heterocycles. The molecule has 2 N–H and O–H groups in total. The molecule has 3 rings (SSSR count). The van der Waals surface area contributed by atoms with Crippen LogP contribution < -0.4 is 10.6 Å². The van der Waals surface area contributed by atoms with Crippen LogP contribution in [0.3, 0.4) is 0 Å². The summed E-state index contributed by atoms with van der Waals surface area (Å²) in [7, 11) is 1.93. The Kier molecular flexibility index (Phi) is 8.21. The molecule has 7 nitrogen and oxygen atoms in total. The zero-order valence-corrected chi connectivity index (χ0v) is 20.0. The molecule has 0 heterocycles. The number of urea groups is 1. The van der Waals surface area contributed by atoms with Crippen molar-refractivity contribution in [3.8, 4) is 0 Å². The van der Waals surface area contributed by atoms with E-state index in [2.05, 4.69) is 27.7 Å². The second kappa shape index (κ2) is 11.1. The van der Waals surface area contributed by atoms with Crippen LogP contribution in [-0.2, 0) is 29.7 Å². The maximum Gasteiger partial charge on any atom is 0.319 e. The van der Waals surface area contributed by atoms with E-state index in [1.54, 1.807) is 19.2 Å². The van der Waals surface area contributed by atoms with Gasteiger partial charge in [-0.3, -0.25) is 0 Å². The topological polar surface area (TPSA) is 81.8 Å². The van der Waals surface area contributed by atoms with Gasteiger partial charge < -0.3 is 15.5 Å². The number of nitrogens with one attached hydrogen (secondary N) is 2. The Morgan fingerprint density at radius 2 is 1.42 bits per heavy atom. The van der Waals surface area contributed by atoms with Gasteiger partial charge in [0.1, 0.15) is 0 Å². The molecule has 0 spiro atoms. The molecule has 0 aliphatic heterocycles. The zero-order valence-electron chi connectivity index (χ0n) is 19.2. The monoisotopic (exact) mass is 466 g/mol. The Bertz CT molecular complexity index is 1160. The van der Waals surface area contributed by atoms with Crippen LogP contribution in [-0.4, -0.2) is 44.8 Å². The predicted molar refractivity (Wildman–Crippen MR) is 131 cm³/mol. The van der Waals surface area contributed by atoms with Gasteiger partial charge in [0.2, 0.25) is 10.0 Å². The quantitative estimate of drug-likeness (QED) is 0.501. The Morgan fingerprint density at radius 1 is 0.788 bits per heavy atom. The lowest BCUT2D eigenvalue weighted by Gasteiger charge is -2.17. The first-order valence-corrected chi connectivity index (χ1v) is 12.1. The number of sulfonamides is 1. The number of nitrogens with zero attached hydrogens (tertiary/aromatic N) is 2. The van der Waals surface area contributed by atoms with Crippen molar-refractivity contribution in [2.75, 3.05) is 26.5 Å². The van der Waals surface area contributed by atoms with E-state index in [4.69, 9.17) is 0 Å². The van der Waals surface area contributed by atoms with Crippen LogP contribution >= 0.6 is 0 Å². The van der Waals surface area contributed by atoms with E-state index in [0.717, 1.165) is 17.7 Å². The summed E-state index contributed by atoms with van der Waals surface area (Å²) in [4.78, 5) is 14.5. The maximum atomic E-state index is 12.8. The van der Waals surface area contributed by atoms with E-state index in [1.165, 1.54) is 22.0 Å². The number of benzene rings is 3. The zero-order chi connectivity index (χ0) is 23.8. The van der Waals surface area contributed by atoms with Crippen LogP contribution in [0, 0.1) is 0 Å². The first kappa shape index (κ1) is 24.4. The lowest BCUT2D eigenvalue weighted by atomic mass is 10.1. The van der Waals surface area contributed by atoms with E-state index >= 15 is 0 Å². The van der Waals surface area contributed by atoms with Crippen molar-refractivity contribution in [3.63, 3.8) is 0 Å². The third-order valence-corrected chi connectivity index (χ3v) is 6.83. The third-order valence-electron chi connectivity index (χ3n) is 5.01. The normalized spacial score (nSPS) is 11.5. The van der Waals surface area contributed by atoms with Gasteiger partial charge in [-0.1, -0.05) is 54.6 Å². The van der Waals surface area contributed by atoms with Crippen LogP contribution in [0.15, 0.2) is 83.8 Å². The van der Waals surface area contributed by atoms with E-state index in [9.17, 15) is 13.2 Å². The van der Waals surface area contributed by atoms with Crippen molar-refractivity contribution in [1.29, 1.82) is 0 Å². The largest absolute Gasteiger partial charge is 0.334 e. The van der Waals surface area contributed by atoms with Crippen molar-refractivity contribution < 1.29 is 13.2 Å². The highest BCUT2D eigenvalue weighted by Crippen LogP contribution is 2.19. The summed E-state index contributed by atoms with van der Waals surface area (Å²) in [6.07, 6.45) is 0. The van der Waals surface area contributed by atoms with Crippen molar-refractivity contribution in [1.82, 2.24) is 14.5 Å². The lowest BCUT2D eigenvalue weighted by Crippen LogP contribution is -2.28. The van der Waals surface area contributed by atoms with Gasteiger partial charge in [0.05, 0.1) is 4.90 Å². The number of carbonyl (C=O) groups excluding carboxylic acids is 1. The van der Waals surface area contributed by atoms with Gasteiger partial charge in [-0.2, -0.15) is 4.31 Å². The summed E-state index contributed by atoms with van der Waals surface area (Å²) in [5, 5.41) is 5.57. The smallest absolute Gasteiger partial charge is 0.319 e. The Morgan fingerprint density at radius 3 is 2.09 bits per heavy atom. The van der Waals surface area contributed by atoms with Crippen LogP contribution in [0.4, 0.5) is 10.5 Å². The third kappa shape index (κ3) is 7.15. The molecule has 0 aliphatic carbocycles. The second-order valence-corrected chi connectivity index (χ2v) is 10.2. The van der Waals surface area contributed by atoms with Gasteiger partial charge in [-0.05, 0) is 55.1 Å². The molecule has 174 valence electrons. The van der Waals surface area contributed by atoms with Crippen molar-refractivity contribution in [3.05, 3.63) is 95.6 Å². The molecule has 3 aromatic rings.